The van der Waals surface area contributed by atoms with Crippen molar-refractivity contribution in [3.05, 3.63) is 16.3 Å². The number of rotatable bonds is 8. The molecular formula is C13H20N2O5S. The van der Waals surface area contributed by atoms with Crippen LogP contribution in [0.15, 0.2) is 11.4 Å². The van der Waals surface area contributed by atoms with Crippen LogP contribution in [0, 0.1) is 0 Å². The highest BCUT2D eigenvalue weighted by Crippen LogP contribution is 2.22. The summed E-state index contributed by atoms with van der Waals surface area (Å²) in [6.45, 7) is 0.620. The number of carbonyl (C=O) groups is 2. The lowest BCUT2D eigenvalue weighted by Crippen LogP contribution is -2.37. The molecule has 8 heteroatoms. The summed E-state index contributed by atoms with van der Waals surface area (Å²) in [5, 5.41) is 13.9. The van der Waals surface area contributed by atoms with E-state index in [1.807, 2.05) is 0 Å². The van der Waals surface area contributed by atoms with Gasteiger partial charge in [0.2, 0.25) is 5.91 Å². The van der Waals surface area contributed by atoms with Crippen LogP contribution in [0.3, 0.4) is 0 Å². The Kier molecular flexibility index (Phi) is 7.30. The van der Waals surface area contributed by atoms with Gasteiger partial charge < -0.3 is 19.9 Å². The zero-order valence-electron chi connectivity index (χ0n) is 12.3. The fourth-order valence-electron chi connectivity index (χ4n) is 1.76. The van der Waals surface area contributed by atoms with Crippen LogP contribution in [-0.4, -0.2) is 69.0 Å². The number of thiophene rings is 1. The lowest BCUT2D eigenvalue weighted by Gasteiger charge is -2.19. The molecule has 1 amide bonds. The molecule has 0 saturated carbocycles. The second-order valence-electron chi connectivity index (χ2n) is 4.51. The van der Waals surface area contributed by atoms with Gasteiger partial charge in [0.15, 0.2) is 0 Å². The molecule has 0 spiro atoms. The van der Waals surface area contributed by atoms with E-state index in [0.717, 1.165) is 0 Å². The normalized spacial score (nSPS) is 12.2. The van der Waals surface area contributed by atoms with Crippen LogP contribution in [0.4, 0.5) is 5.69 Å². The Morgan fingerprint density at radius 2 is 2.19 bits per heavy atom. The second kappa shape index (κ2) is 8.73. The molecule has 118 valence electrons. The van der Waals surface area contributed by atoms with Gasteiger partial charge >= 0.3 is 5.97 Å². The fraction of sp³-hybridized carbons (Fsp3) is 0.538. The van der Waals surface area contributed by atoms with E-state index in [-0.39, 0.29) is 19.1 Å². The first-order valence-electron chi connectivity index (χ1n) is 6.29. The first kappa shape index (κ1) is 17.6. The highest BCUT2D eigenvalue weighted by atomic mass is 32.1. The maximum Gasteiger partial charge on any atom is 0.350 e. The van der Waals surface area contributed by atoms with Gasteiger partial charge in [-0.25, -0.2) is 4.79 Å². The minimum atomic E-state index is -0.653. The van der Waals surface area contributed by atoms with Gasteiger partial charge in [-0.05, 0) is 18.5 Å². The molecule has 1 heterocycles. The highest BCUT2D eigenvalue weighted by Gasteiger charge is 2.17. The van der Waals surface area contributed by atoms with Crippen LogP contribution in [0.25, 0.3) is 0 Å². The molecule has 7 nitrogen and oxygen atoms in total. The third-order valence-corrected chi connectivity index (χ3v) is 3.50. The van der Waals surface area contributed by atoms with E-state index in [9.17, 15) is 14.7 Å². The van der Waals surface area contributed by atoms with Crippen molar-refractivity contribution in [2.45, 2.75) is 6.10 Å². The molecule has 0 saturated heterocycles. The summed E-state index contributed by atoms with van der Waals surface area (Å²) in [7, 11) is 4.51. The lowest BCUT2D eigenvalue weighted by atomic mass is 10.3. The molecule has 2 N–H and O–H groups in total. The number of carbonyl (C=O) groups excluding carboxylic acids is 2. The molecule has 1 rings (SSSR count). The summed E-state index contributed by atoms with van der Waals surface area (Å²) in [5.74, 6) is -0.755. The topological polar surface area (TPSA) is 88.1 Å². The average Bonchev–Trinajstić information content (AvgIpc) is 2.85. The number of amides is 1. The van der Waals surface area contributed by atoms with E-state index in [0.29, 0.717) is 17.1 Å². The number of hydrogen-bond acceptors (Lipinski definition) is 7. The Morgan fingerprint density at radius 1 is 1.48 bits per heavy atom. The van der Waals surface area contributed by atoms with Crippen LogP contribution >= 0.6 is 11.3 Å². The van der Waals surface area contributed by atoms with E-state index >= 15 is 0 Å². The van der Waals surface area contributed by atoms with E-state index in [2.05, 4.69) is 10.1 Å². The molecule has 0 bridgehead atoms. The van der Waals surface area contributed by atoms with Gasteiger partial charge in [-0.1, -0.05) is 0 Å². The number of hydrogen-bond donors (Lipinski definition) is 2. The minimum Gasteiger partial charge on any atom is -0.465 e. The first-order chi connectivity index (χ1) is 9.97. The zero-order chi connectivity index (χ0) is 15.8. The van der Waals surface area contributed by atoms with Crippen molar-refractivity contribution in [3.63, 3.8) is 0 Å². The van der Waals surface area contributed by atoms with Gasteiger partial charge in [0.25, 0.3) is 0 Å². The van der Waals surface area contributed by atoms with Gasteiger partial charge in [-0.2, -0.15) is 0 Å². The summed E-state index contributed by atoms with van der Waals surface area (Å²) in [6.07, 6.45) is -0.653. The summed E-state index contributed by atoms with van der Waals surface area (Å²) in [5.41, 5.74) is 0.433. The highest BCUT2D eigenvalue weighted by molar-refractivity contribution is 7.12. The summed E-state index contributed by atoms with van der Waals surface area (Å²) < 4.78 is 9.46. The smallest absolute Gasteiger partial charge is 0.350 e. The average molecular weight is 316 g/mol. The molecule has 0 aliphatic rings. The molecule has 0 aliphatic carbocycles. The van der Waals surface area contributed by atoms with Crippen molar-refractivity contribution in [1.82, 2.24) is 4.90 Å². The minimum absolute atomic E-state index is 0.0945. The van der Waals surface area contributed by atoms with Gasteiger partial charge in [0.1, 0.15) is 4.88 Å². The van der Waals surface area contributed by atoms with Gasteiger partial charge in [-0.15, -0.1) is 11.3 Å². The van der Waals surface area contributed by atoms with Crippen LogP contribution in [0.1, 0.15) is 9.67 Å². The Balaban J connectivity index is 2.50. The molecule has 0 aromatic carbocycles. The number of likely N-dealkylation sites (N-methyl/N-ethyl adjacent to an activating group) is 1. The van der Waals surface area contributed by atoms with E-state index in [4.69, 9.17) is 4.74 Å². The van der Waals surface area contributed by atoms with Gasteiger partial charge in [0, 0.05) is 13.7 Å². The molecule has 0 aliphatic heterocycles. The predicted octanol–water partition coefficient (Wildman–Crippen LogP) is 0.412. The number of methoxy groups -OCH3 is 2. The van der Waals surface area contributed by atoms with Gasteiger partial charge in [0.05, 0.1) is 32.1 Å². The van der Waals surface area contributed by atoms with E-state index in [1.54, 1.807) is 23.4 Å². The zero-order valence-corrected chi connectivity index (χ0v) is 13.1. The Bertz CT molecular complexity index is 477. The molecule has 1 aromatic rings. The number of ether oxygens (including phenoxy) is 2. The van der Waals surface area contributed by atoms with Crippen molar-refractivity contribution in [2.75, 3.05) is 46.3 Å². The quantitative estimate of drug-likeness (QED) is 0.676. The van der Waals surface area contributed by atoms with Crippen LogP contribution in [0.2, 0.25) is 0 Å². The SMILES string of the molecule is COCC(O)CN(C)CC(=O)Nc1ccsc1C(=O)OC. The molecular weight excluding hydrogens is 296 g/mol. The maximum absolute atomic E-state index is 11.9. The predicted molar refractivity (Wildman–Crippen MR) is 79.7 cm³/mol. The van der Waals surface area contributed by atoms with Crippen molar-refractivity contribution in [1.29, 1.82) is 0 Å². The molecule has 1 unspecified atom stereocenters. The van der Waals surface area contributed by atoms with Crippen molar-refractivity contribution in [3.8, 4) is 0 Å². The van der Waals surface area contributed by atoms with Crippen molar-refractivity contribution >= 4 is 28.9 Å². The molecule has 0 fully saturated rings. The lowest BCUT2D eigenvalue weighted by molar-refractivity contribution is -0.117. The van der Waals surface area contributed by atoms with Crippen LogP contribution in [0.5, 0.6) is 0 Å². The van der Waals surface area contributed by atoms with E-state index < -0.39 is 12.1 Å². The largest absolute Gasteiger partial charge is 0.465 e. The second-order valence-corrected chi connectivity index (χ2v) is 5.43. The maximum atomic E-state index is 11.9. The number of anilines is 1. The third-order valence-electron chi connectivity index (χ3n) is 2.61. The van der Waals surface area contributed by atoms with Crippen LogP contribution in [-0.2, 0) is 14.3 Å². The summed E-state index contributed by atoms with van der Waals surface area (Å²) in [4.78, 5) is 25.4. The first-order valence-corrected chi connectivity index (χ1v) is 7.17. The summed E-state index contributed by atoms with van der Waals surface area (Å²) >= 11 is 1.20. The fourth-order valence-corrected chi connectivity index (χ4v) is 2.53. The Morgan fingerprint density at radius 3 is 2.81 bits per heavy atom. The third kappa shape index (κ3) is 5.80. The standard InChI is InChI=1S/C13H20N2O5S/c1-15(6-9(16)8-19-2)7-11(17)14-10-4-5-21-12(10)13(18)20-3/h4-5,9,16H,6-8H2,1-3H3,(H,14,17). The van der Waals surface area contributed by atoms with Crippen molar-refractivity contribution < 1.29 is 24.2 Å². The molecule has 1 atom stereocenters. The van der Waals surface area contributed by atoms with Crippen molar-refractivity contribution in [2.24, 2.45) is 0 Å². The molecule has 1 aromatic heterocycles. The number of aliphatic hydroxyl groups excluding tert-OH is 1. The van der Waals surface area contributed by atoms with E-state index in [1.165, 1.54) is 25.6 Å². The number of esters is 1. The monoisotopic (exact) mass is 316 g/mol. The molecule has 21 heavy (non-hydrogen) atoms. The number of nitrogens with one attached hydrogen (secondary N) is 1. The number of nitrogens with zero attached hydrogens (tertiary/aromatic N) is 1. The van der Waals surface area contributed by atoms with Gasteiger partial charge in [-0.3, -0.25) is 9.69 Å². The number of aliphatic hydroxyl groups is 1. The summed E-state index contributed by atoms with van der Waals surface area (Å²) in [6, 6.07) is 1.65. The van der Waals surface area contributed by atoms with Crippen LogP contribution < -0.4 is 5.32 Å². The Labute approximate surface area is 127 Å². The Hall–Kier alpha value is -1.48. The molecule has 0 radical (unpaired) electrons.